The van der Waals surface area contributed by atoms with E-state index in [1.165, 1.54) is 12.1 Å². The summed E-state index contributed by atoms with van der Waals surface area (Å²) in [5.74, 6) is -0.413. The number of benzene rings is 2. The standard InChI is InChI=1S/C25H26FN3O3/c1-2-14-29(19-12-15-28(16-13-19)24(30)18-8-4-3-5-9-18)25(31)22-17-23(32-27-22)20-10-6-7-11-21(20)26/h3-11,17,19H,2,12-16H2,1H3. The molecule has 7 heteroatoms. The van der Waals surface area contributed by atoms with E-state index in [2.05, 4.69) is 5.16 Å². The van der Waals surface area contributed by atoms with Gasteiger partial charge in [-0.15, -0.1) is 0 Å². The molecule has 0 unspecified atom stereocenters. The van der Waals surface area contributed by atoms with Crippen LogP contribution in [0.5, 0.6) is 0 Å². The molecular weight excluding hydrogens is 409 g/mol. The molecule has 0 bridgehead atoms. The minimum atomic E-state index is -0.427. The highest BCUT2D eigenvalue weighted by molar-refractivity contribution is 5.94. The molecule has 1 aromatic heterocycles. The van der Waals surface area contributed by atoms with Crippen molar-refractivity contribution in [2.45, 2.75) is 32.2 Å². The third kappa shape index (κ3) is 4.56. The number of carbonyl (C=O) groups is 2. The molecule has 4 rings (SSSR count). The van der Waals surface area contributed by atoms with E-state index in [1.54, 1.807) is 18.2 Å². The number of aromatic nitrogens is 1. The third-order valence-corrected chi connectivity index (χ3v) is 5.81. The fraction of sp³-hybridized carbons (Fsp3) is 0.320. The van der Waals surface area contributed by atoms with Gasteiger partial charge in [0, 0.05) is 37.3 Å². The van der Waals surface area contributed by atoms with Gasteiger partial charge in [0.15, 0.2) is 11.5 Å². The van der Waals surface area contributed by atoms with Crippen molar-refractivity contribution < 1.29 is 18.5 Å². The number of amides is 2. The molecule has 1 aliphatic rings. The maximum atomic E-state index is 14.1. The Bertz CT molecular complexity index is 1070. The van der Waals surface area contributed by atoms with Crippen molar-refractivity contribution in [1.82, 2.24) is 15.0 Å². The zero-order valence-corrected chi connectivity index (χ0v) is 18.0. The summed E-state index contributed by atoms with van der Waals surface area (Å²) in [6, 6.07) is 17.0. The highest BCUT2D eigenvalue weighted by atomic mass is 19.1. The maximum Gasteiger partial charge on any atom is 0.276 e. The Morgan fingerprint density at radius 1 is 1.09 bits per heavy atom. The second-order valence-corrected chi connectivity index (χ2v) is 7.94. The van der Waals surface area contributed by atoms with Gasteiger partial charge in [-0.1, -0.05) is 42.4 Å². The lowest BCUT2D eigenvalue weighted by molar-refractivity contribution is 0.0513. The van der Waals surface area contributed by atoms with Crippen LogP contribution in [0.4, 0.5) is 4.39 Å². The van der Waals surface area contributed by atoms with Crippen molar-refractivity contribution >= 4 is 11.8 Å². The molecular formula is C25H26FN3O3. The quantitative estimate of drug-likeness (QED) is 0.566. The molecule has 1 aliphatic heterocycles. The molecule has 0 atom stereocenters. The Balaban J connectivity index is 1.45. The lowest BCUT2D eigenvalue weighted by Gasteiger charge is -2.38. The molecule has 0 radical (unpaired) electrons. The second-order valence-electron chi connectivity index (χ2n) is 7.94. The zero-order chi connectivity index (χ0) is 22.5. The molecule has 6 nitrogen and oxygen atoms in total. The van der Waals surface area contributed by atoms with E-state index in [0.717, 1.165) is 6.42 Å². The number of piperidine rings is 1. The fourth-order valence-corrected chi connectivity index (χ4v) is 4.15. The average molecular weight is 435 g/mol. The largest absolute Gasteiger partial charge is 0.355 e. The van der Waals surface area contributed by atoms with Gasteiger partial charge in [-0.3, -0.25) is 9.59 Å². The van der Waals surface area contributed by atoms with Crippen LogP contribution in [0.1, 0.15) is 47.0 Å². The van der Waals surface area contributed by atoms with Crippen LogP contribution < -0.4 is 0 Å². The third-order valence-electron chi connectivity index (χ3n) is 5.81. The van der Waals surface area contributed by atoms with Crippen molar-refractivity contribution in [3.8, 4) is 11.3 Å². The molecule has 2 heterocycles. The number of rotatable bonds is 6. The Kier molecular flexibility index (Phi) is 6.63. The summed E-state index contributed by atoms with van der Waals surface area (Å²) in [7, 11) is 0. The number of hydrogen-bond donors (Lipinski definition) is 0. The van der Waals surface area contributed by atoms with E-state index in [0.29, 0.717) is 38.0 Å². The maximum absolute atomic E-state index is 14.1. The van der Waals surface area contributed by atoms with E-state index >= 15 is 0 Å². The van der Waals surface area contributed by atoms with Crippen LogP contribution in [-0.4, -0.2) is 52.4 Å². The molecule has 0 aliphatic carbocycles. The summed E-state index contributed by atoms with van der Waals surface area (Å²) in [4.78, 5) is 29.6. The van der Waals surface area contributed by atoms with Gasteiger partial charge in [0.25, 0.3) is 11.8 Å². The first-order valence-corrected chi connectivity index (χ1v) is 11.0. The van der Waals surface area contributed by atoms with Crippen LogP contribution in [0.3, 0.4) is 0 Å². The van der Waals surface area contributed by atoms with Crippen molar-refractivity contribution in [2.24, 2.45) is 0 Å². The van der Waals surface area contributed by atoms with Crippen molar-refractivity contribution in [3.05, 3.63) is 77.7 Å². The molecule has 0 N–H and O–H groups in total. The molecule has 3 aromatic rings. The van der Waals surface area contributed by atoms with Gasteiger partial charge in [0.05, 0.1) is 5.56 Å². The molecule has 0 spiro atoms. The van der Waals surface area contributed by atoms with Gasteiger partial charge < -0.3 is 14.3 Å². The van der Waals surface area contributed by atoms with Gasteiger partial charge >= 0.3 is 0 Å². The molecule has 166 valence electrons. The smallest absolute Gasteiger partial charge is 0.276 e. The summed E-state index contributed by atoms with van der Waals surface area (Å²) >= 11 is 0. The van der Waals surface area contributed by atoms with E-state index in [1.807, 2.05) is 47.1 Å². The topological polar surface area (TPSA) is 66.7 Å². The summed E-state index contributed by atoms with van der Waals surface area (Å²) in [6.07, 6.45) is 2.19. The lowest BCUT2D eigenvalue weighted by atomic mass is 10.0. The summed E-state index contributed by atoms with van der Waals surface area (Å²) in [5, 5.41) is 3.92. The van der Waals surface area contributed by atoms with Crippen molar-refractivity contribution in [2.75, 3.05) is 19.6 Å². The Labute approximate surface area is 186 Å². The number of carbonyl (C=O) groups excluding carboxylic acids is 2. The number of halogens is 1. The molecule has 0 saturated carbocycles. The Hall–Kier alpha value is -3.48. The van der Waals surface area contributed by atoms with Gasteiger partial charge in [0.2, 0.25) is 0 Å². The summed E-state index contributed by atoms with van der Waals surface area (Å²) < 4.78 is 19.3. The predicted molar refractivity (Wildman–Crippen MR) is 119 cm³/mol. The van der Waals surface area contributed by atoms with Crippen molar-refractivity contribution in [1.29, 1.82) is 0 Å². The van der Waals surface area contributed by atoms with Crippen LogP contribution in [0.25, 0.3) is 11.3 Å². The van der Waals surface area contributed by atoms with Crippen LogP contribution >= 0.6 is 0 Å². The highest BCUT2D eigenvalue weighted by Crippen LogP contribution is 2.25. The monoisotopic (exact) mass is 435 g/mol. The lowest BCUT2D eigenvalue weighted by Crippen LogP contribution is -2.49. The number of hydrogen-bond acceptors (Lipinski definition) is 4. The van der Waals surface area contributed by atoms with Crippen LogP contribution in [0.2, 0.25) is 0 Å². The molecule has 2 aromatic carbocycles. The second kappa shape index (κ2) is 9.77. The van der Waals surface area contributed by atoms with Gasteiger partial charge in [-0.25, -0.2) is 4.39 Å². The van der Waals surface area contributed by atoms with Crippen LogP contribution in [-0.2, 0) is 0 Å². The summed E-state index contributed by atoms with van der Waals surface area (Å²) in [5.41, 5.74) is 1.11. The zero-order valence-electron chi connectivity index (χ0n) is 18.0. The highest BCUT2D eigenvalue weighted by Gasteiger charge is 2.31. The SMILES string of the molecule is CCCN(C(=O)c1cc(-c2ccccc2F)on1)C1CCN(C(=O)c2ccccc2)CC1. The molecule has 32 heavy (non-hydrogen) atoms. The minimum absolute atomic E-state index is 0.0101. The predicted octanol–water partition coefficient (Wildman–Crippen LogP) is 4.64. The number of likely N-dealkylation sites (tertiary alicyclic amines) is 1. The Morgan fingerprint density at radius 3 is 2.47 bits per heavy atom. The summed E-state index contributed by atoms with van der Waals surface area (Å²) in [6.45, 7) is 3.77. The van der Waals surface area contributed by atoms with E-state index in [9.17, 15) is 14.0 Å². The van der Waals surface area contributed by atoms with Crippen LogP contribution in [0.15, 0.2) is 65.2 Å². The Morgan fingerprint density at radius 2 is 1.78 bits per heavy atom. The van der Waals surface area contributed by atoms with Crippen LogP contribution in [0, 0.1) is 5.82 Å². The molecule has 1 fully saturated rings. The molecule has 1 saturated heterocycles. The van der Waals surface area contributed by atoms with Gasteiger partial charge in [0.1, 0.15) is 5.82 Å². The first kappa shape index (κ1) is 21.7. The van der Waals surface area contributed by atoms with E-state index < -0.39 is 5.82 Å². The minimum Gasteiger partial charge on any atom is -0.355 e. The van der Waals surface area contributed by atoms with Gasteiger partial charge in [-0.2, -0.15) is 0 Å². The van der Waals surface area contributed by atoms with E-state index in [-0.39, 0.29) is 34.9 Å². The van der Waals surface area contributed by atoms with Gasteiger partial charge in [-0.05, 0) is 43.5 Å². The molecule has 2 amide bonds. The first-order valence-electron chi connectivity index (χ1n) is 11.0. The number of nitrogens with zero attached hydrogens (tertiary/aromatic N) is 3. The van der Waals surface area contributed by atoms with Crippen molar-refractivity contribution in [3.63, 3.8) is 0 Å². The normalized spacial score (nSPS) is 14.4. The fourth-order valence-electron chi connectivity index (χ4n) is 4.15. The first-order chi connectivity index (χ1) is 15.6. The van der Waals surface area contributed by atoms with E-state index in [4.69, 9.17) is 4.52 Å². The average Bonchev–Trinajstić information content (AvgIpc) is 3.33.